The first-order valence-electron chi connectivity index (χ1n) is 10.8. The van der Waals surface area contributed by atoms with Crippen LogP contribution in [0.3, 0.4) is 0 Å². The molecule has 0 amide bonds. The summed E-state index contributed by atoms with van der Waals surface area (Å²) in [6, 6.07) is 22.0. The van der Waals surface area contributed by atoms with Crippen molar-refractivity contribution < 1.29 is 14.6 Å². The third-order valence-electron chi connectivity index (χ3n) is 5.73. The molecule has 33 heavy (non-hydrogen) atoms. The van der Waals surface area contributed by atoms with Crippen LogP contribution in [0.4, 0.5) is 5.69 Å². The highest BCUT2D eigenvalue weighted by molar-refractivity contribution is 7.21. The number of nitrogens with zero attached hydrogens (tertiary/aromatic N) is 3. The molecule has 7 heteroatoms. The Bertz CT molecular complexity index is 1330. The molecule has 6 nitrogen and oxygen atoms in total. The van der Waals surface area contributed by atoms with Gasteiger partial charge in [0.2, 0.25) is 0 Å². The van der Waals surface area contributed by atoms with E-state index in [0.29, 0.717) is 23.7 Å². The molecule has 1 aliphatic heterocycles. The summed E-state index contributed by atoms with van der Waals surface area (Å²) in [5, 5.41) is 10.8. The van der Waals surface area contributed by atoms with Crippen LogP contribution in [0.2, 0.25) is 0 Å². The van der Waals surface area contributed by atoms with Gasteiger partial charge in [-0.1, -0.05) is 60.7 Å². The zero-order valence-corrected chi connectivity index (χ0v) is 19.0. The van der Waals surface area contributed by atoms with Crippen LogP contribution in [0.1, 0.15) is 16.6 Å². The maximum atomic E-state index is 12.2. The minimum atomic E-state index is -0.994. The van der Waals surface area contributed by atoms with Gasteiger partial charge in [0.15, 0.2) is 0 Å². The van der Waals surface area contributed by atoms with E-state index in [0.717, 1.165) is 46.7 Å². The van der Waals surface area contributed by atoms with Gasteiger partial charge in [-0.15, -0.1) is 11.3 Å². The van der Waals surface area contributed by atoms with Gasteiger partial charge in [-0.2, -0.15) is 0 Å². The number of aliphatic imine (C=N–C) groups is 1. The molecule has 2 aromatic heterocycles. The smallest absolute Gasteiger partial charge is 0.348 e. The third-order valence-corrected chi connectivity index (χ3v) is 6.79. The number of morpholine rings is 1. The monoisotopic (exact) mass is 457 g/mol. The van der Waals surface area contributed by atoms with Crippen molar-refractivity contribution in [2.24, 2.45) is 4.99 Å². The summed E-state index contributed by atoms with van der Waals surface area (Å²) in [6.45, 7) is 4.68. The molecule has 1 saturated heterocycles. The Morgan fingerprint density at radius 2 is 1.67 bits per heavy atom. The molecule has 2 aromatic carbocycles. The van der Waals surface area contributed by atoms with Crippen LogP contribution in [0.5, 0.6) is 0 Å². The molecular weight excluding hydrogens is 434 g/mol. The number of aromatic nitrogens is 1. The molecule has 1 fully saturated rings. The van der Waals surface area contributed by atoms with E-state index in [1.807, 2.05) is 73.7 Å². The van der Waals surface area contributed by atoms with Crippen molar-refractivity contribution in [3.05, 3.63) is 71.6 Å². The number of fused-ring (bicyclic) bond motifs is 1. The Balaban J connectivity index is 1.77. The van der Waals surface area contributed by atoms with Crippen molar-refractivity contribution in [2.45, 2.75) is 6.92 Å². The van der Waals surface area contributed by atoms with E-state index < -0.39 is 5.97 Å². The zero-order valence-electron chi connectivity index (χ0n) is 18.2. The van der Waals surface area contributed by atoms with Crippen LogP contribution in [0.25, 0.3) is 32.6 Å². The van der Waals surface area contributed by atoms with Gasteiger partial charge in [-0.3, -0.25) is 0 Å². The number of carboxylic acid groups (broad SMARTS) is 1. The molecule has 5 rings (SSSR count). The van der Waals surface area contributed by atoms with Crippen molar-refractivity contribution in [1.29, 1.82) is 0 Å². The van der Waals surface area contributed by atoms with Crippen LogP contribution in [0, 0.1) is 0 Å². The maximum Gasteiger partial charge on any atom is 0.348 e. The Hall–Kier alpha value is -3.55. The van der Waals surface area contributed by atoms with E-state index in [9.17, 15) is 9.90 Å². The summed E-state index contributed by atoms with van der Waals surface area (Å²) in [6.07, 6.45) is 0. The molecule has 1 aliphatic rings. The van der Waals surface area contributed by atoms with E-state index in [4.69, 9.17) is 14.7 Å². The van der Waals surface area contributed by atoms with E-state index in [1.54, 1.807) is 0 Å². The molecular formula is C26H23N3O3S. The first-order valence-corrected chi connectivity index (χ1v) is 11.6. The number of carbonyl (C=O) groups is 1. The van der Waals surface area contributed by atoms with E-state index in [-0.39, 0.29) is 4.88 Å². The second kappa shape index (κ2) is 9.13. The lowest BCUT2D eigenvalue weighted by atomic mass is 9.99. The first-order chi connectivity index (χ1) is 16.1. The average Bonchev–Trinajstić information content (AvgIpc) is 3.23. The molecule has 0 atom stereocenters. The second-order valence-corrected chi connectivity index (χ2v) is 8.81. The average molecular weight is 458 g/mol. The van der Waals surface area contributed by atoms with Gasteiger partial charge in [-0.05, 0) is 24.1 Å². The number of amidine groups is 1. The van der Waals surface area contributed by atoms with Crippen molar-refractivity contribution in [1.82, 2.24) is 9.88 Å². The summed E-state index contributed by atoms with van der Waals surface area (Å²) in [7, 11) is 0. The van der Waals surface area contributed by atoms with Crippen molar-refractivity contribution in [2.75, 3.05) is 26.3 Å². The number of carboxylic acids is 1. The number of hydrogen-bond donors (Lipinski definition) is 1. The number of hydrogen-bond acceptors (Lipinski definition) is 5. The topological polar surface area (TPSA) is 75.0 Å². The molecule has 0 spiro atoms. The van der Waals surface area contributed by atoms with Crippen molar-refractivity contribution >= 4 is 39.0 Å². The van der Waals surface area contributed by atoms with Crippen molar-refractivity contribution in [3.8, 4) is 22.4 Å². The fraction of sp³-hybridized carbons (Fsp3) is 0.192. The van der Waals surface area contributed by atoms with Gasteiger partial charge >= 0.3 is 5.97 Å². The number of rotatable bonds is 4. The lowest BCUT2D eigenvalue weighted by Gasteiger charge is -2.28. The Labute approximate surface area is 195 Å². The number of aromatic carboxylic acids is 1. The normalized spacial score (nSPS) is 14.6. The van der Waals surface area contributed by atoms with Gasteiger partial charge in [0.1, 0.15) is 21.2 Å². The Morgan fingerprint density at radius 1 is 1.03 bits per heavy atom. The molecule has 3 heterocycles. The minimum absolute atomic E-state index is 0.201. The summed E-state index contributed by atoms with van der Waals surface area (Å²) >= 11 is 1.18. The second-order valence-electron chi connectivity index (χ2n) is 7.81. The van der Waals surface area contributed by atoms with Gasteiger partial charge < -0.3 is 14.7 Å². The molecule has 0 radical (unpaired) electrons. The highest BCUT2D eigenvalue weighted by Crippen LogP contribution is 2.44. The Kier molecular flexibility index (Phi) is 5.90. The zero-order chi connectivity index (χ0) is 22.8. The number of thiophene rings is 1. The summed E-state index contributed by atoms with van der Waals surface area (Å²) in [5.74, 6) is -0.210. The van der Waals surface area contributed by atoms with Crippen LogP contribution in [-0.2, 0) is 4.74 Å². The van der Waals surface area contributed by atoms with Gasteiger partial charge in [0.25, 0.3) is 0 Å². The molecule has 0 unspecified atom stereocenters. The van der Waals surface area contributed by atoms with Crippen LogP contribution >= 0.6 is 11.3 Å². The lowest BCUT2D eigenvalue weighted by Crippen LogP contribution is -2.39. The van der Waals surface area contributed by atoms with Gasteiger partial charge in [-0.25, -0.2) is 14.8 Å². The predicted molar refractivity (Wildman–Crippen MR) is 133 cm³/mol. The predicted octanol–water partition coefficient (Wildman–Crippen LogP) is 5.71. The molecule has 0 bridgehead atoms. The quantitative estimate of drug-likeness (QED) is 0.314. The number of ether oxygens (including phenoxy) is 1. The van der Waals surface area contributed by atoms with E-state index >= 15 is 0 Å². The van der Waals surface area contributed by atoms with E-state index in [2.05, 4.69) is 4.90 Å². The lowest BCUT2D eigenvalue weighted by molar-refractivity contribution is 0.0677. The van der Waals surface area contributed by atoms with Crippen LogP contribution < -0.4 is 0 Å². The summed E-state index contributed by atoms with van der Waals surface area (Å²) in [5.41, 5.74) is 4.18. The molecule has 0 aliphatic carbocycles. The third kappa shape index (κ3) is 4.25. The van der Waals surface area contributed by atoms with Crippen LogP contribution in [0.15, 0.2) is 71.7 Å². The highest BCUT2D eigenvalue weighted by Gasteiger charge is 2.24. The van der Waals surface area contributed by atoms with E-state index in [1.165, 1.54) is 11.3 Å². The Morgan fingerprint density at radius 3 is 2.30 bits per heavy atom. The standard InChI is InChI=1S/C26H23N3O3S/c1-17(29-12-14-32-15-13-29)27-23-22-20(18-8-4-2-5-9-18)16-21(19-10-6-3-7-11-19)28-25(22)33-24(23)26(30)31/h2-11,16H,12-15H2,1H3,(H,30,31). The van der Waals surface area contributed by atoms with Crippen molar-refractivity contribution in [3.63, 3.8) is 0 Å². The molecule has 1 N–H and O–H groups in total. The SMILES string of the molecule is CC(=Nc1c(C(=O)O)sc2nc(-c3ccccc3)cc(-c3ccccc3)c12)N1CCOCC1. The number of benzene rings is 2. The molecule has 0 saturated carbocycles. The summed E-state index contributed by atoms with van der Waals surface area (Å²) < 4.78 is 5.45. The molecule has 166 valence electrons. The fourth-order valence-electron chi connectivity index (χ4n) is 4.06. The fourth-order valence-corrected chi connectivity index (χ4v) is 5.03. The van der Waals surface area contributed by atoms with Gasteiger partial charge in [0, 0.05) is 24.0 Å². The van der Waals surface area contributed by atoms with Gasteiger partial charge in [0.05, 0.1) is 18.9 Å². The highest BCUT2D eigenvalue weighted by atomic mass is 32.1. The minimum Gasteiger partial charge on any atom is -0.477 e. The first kappa shape index (κ1) is 21.3. The number of pyridine rings is 1. The summed E-state index contributed by atoms with van der Waals surface area (Å²) in [4.78, 5) is 25.0. The maximum absolute atomic E-state index is 12.2. The molecule has 4 aromatic rings. The largest absolute Gasteiger partial charge is 0.477 e. The van der Waals surface area contributed by atoms with Crippen LogP contribution in [-0.4, -0.2) is 53.1 Å².